The number of pyridine rings is 1. The first-order chi connectivity index (χ1) is 11.1. The first-order valence-electron chi connectivity index (χ1n) is 7.51. The second-order valence-corrected chi connectivity index (χ2v) is 5.19. The molecule has 0 aliphatic rings. The maximum atomic E-state index is 12.3. The van der Waals surface area contributed by atoms with Gasteiger partial charge in [-0.1, -0.05) is 36.4 Å². The molecule has 1 aromatic carbocycles. The van der Waals surface area contributed by atoms with Gasteiger partial charge in [0.1, 0.15) is 0 Å². The van der Waals surface area contributed by atoms with Crippen molar-refractivity contribution in [1.82, 2.24) is 9.88 Å². The maximum absolute atomic E-state index is 12.3. The van der Waals surface area contributed by atoms with E-state index in [0.717, 1.165) is 16.8 Å². The van der Waals surface area contributed by atoms with E-state index in [9.17, 15) is 9.59 Å². The lowest BCUT2D eigenvalue weighted by Crippen LogP contribution is -2.37. The van der Waals surface area contributed by atoms with Crippen molar-refractivity contribution in [3.63, 3.8) is 0 Å². The van der Waals surface area contributed by atoms with Crippen LogP contribution in [0.1, 0.15) is 23.7 Å². The van der Waals surface area contributed by atoms with Crippen LogP contribution in [0, 0.1) is 6.92 Å². The van der Waals surface area contributed by atoms with E-state index < -0.39 is 11.9 Å². The molecular formula is C18H20N2O3. The normalized spacial score (nSPS) is 10.2. The Bertz CT molecular complexity index is 654. The highest BCUT2D eigenvalue weighted by Crippen LogP contribution is 2.10. The van der Waals surface area contributed by atoms with Gasteiger partial charge in [-0.05, 0) is 31.0 Å². The SMILES string of the molecule is CCOC(=O)C(=O)N(Cc1ccccc1)Cc1ccc(C)cn1. The summed E-state index contributed by atoms with van der Waals surface area (Å²) in [7, 11) is 0. The average molecular weight is 312 g/mol. The summed E-state index contributed by atoms with van der Waals surface area (Å²) in [4.78, 5) is 29.9. The van der Waals surface area contributed by atoms with Crippen LogP contribution in [0.5, 0.6) is 0 Å². The Morgan fingerprint density at radius 3 is 2.43 bits per heavy atom. The molecule has 1 amide bonds. The van der Waals surface area contributed by atoms with Gasteiger partial charge in [0, 0.05) is 12.7 Å². The summed E-state index contributed by atoms with van der Waals surface area (Å²) in [5.74, 6) is -1.49. The van der Waals surface area contributed by atoms with Crippen molar-refractivity contribution in [2.45, 2.75) is 26.9 Å². The number of carbonyl (C=O) groups excluding carboxylic acids is 2. The molecule has 23 heavy (non-hydrogen) atoms. The maximum Gasteiger partial charge on any atom is 0.397 e. The number of ether oxygens (including phenoxy) is 1. The van der Waals surface area contributed by atoms with E-state index in [4.69, 9.17) is 4.74 Å². The second-order valence-electron chi connectivity index (χ2n) is 5.19. The molecule has 5 heteroatoms. The van der Waals surface area contributed by atoms with E-state index in [1.807, 2.05) is 49.4 Å². The monoisotopic (exact) mass is 312 g/mol. The minimum Gasteiger partial charge on any atom is -0.459 e. The quantitative estimate of drug-likeness (QED) is 0.628. The van der Waals surface area contributed by atoms with E-state index in [0.29, 0.717) is 6.54 Å². The minimum atomic E-state index is -0.837. The number of aryl methyl sites for hydroxylation is 1. The van der Waals surface area contributed by atoms with Gasteiger partial charge in [0.2, 0.25) is 0 Å². The molecule has 2 aromatic rings. The molecule has 0 saturated heterocycles. The molecule has 0 aliphatic heterocycles. The fraction of sp³-hybridized carbons (Fsp3) is 0.278. The minimum absolute atomic E-state index is 0.173. The standard InChI is InChI=1S/C18H20N2O3/c1-3-23-18(22)17(21)20(12-15-7-5-4-6-8-15)13-16-10-9-14(2)11-19-16/h4-11H,3,12-13H2,1-2H3. The lowest BCUT2D eigenvalue weighted by molar-refractivity contribution is -0.160. The number of hydrogen-bond acceptors (Lipinski definition) is 4. The Hall–Kier alpha value is -2.69. The highest BCUT2D eigenvalue weighted by Gasteiger charge is 2.23. The van der Waals surface area contributed by atoms with Crippen molar-refractivity contribution in [2.75, 3.05) is 6.61 Å². The van der Waals surface area contributed by atoms with Crippen LogP contribution in [0.3, 0.4) is 0 Å². The lowest BCUT2D eigenvalue weighted by Gasteiger charge is -2.21. The van der Waals surface area contributed by atoms with E-state index in [1.54, 1.807) is 13.1 Å². The predicted molar refractivity (Wildman–Crippen MR) is 86.3 cm³/mol. The van der Waals surface area contributed by atoms with E-state index in [2.05, 4.69) is 4.98 Å². The van der Waals surface area contributed by atoms with Gasteiger partial charge in [-0.15, -0.1) is 0 Å². The lowest BCUT2D eigenvalue weighted by atomic mass is 10.2. The summed E-state index contributed by atoms with van der Waals surface area (Å²) in [5.41, 5.74) is 2.71. The van der Waals surface area contributed by atoms with Gasteiger partial charge in [-0.25, -0.2) is 4.79 Å². The molecular weight excluding hydrogens is 292 g/mol. The van der Waals surface area contributed by atoms with Crippen LogP contribution in [0.4, 0.5) is 0 Å². The largest absolute Gasteiger partial charge is 0.459 e. The zero-order valence-electron chi connectivity index (χ0n) is 13.4. The summed E-state index contributed by atoms with van der Waals surface area (Å²) in [5, 5.41) is 0. The van der Waals surface area contributed by atoms with Crippen LogP contribution in [0.25, 0.3) is 0 Å². The van der Waals surface area contributed by atoms with E-state index in [-0.39, 0.29) is 13.2 Å². The van der Waals surface area contributed by atoms with Gasteiger partial charge in [0.15, 0.2) is 0 Å². The molecule has 0 fully saturated rings. The average Bonchev–Trinajstić information content (AvgIpc) is 2.57. The van der Waals surface area contributed by atoms with Gasteiger partial charge in [-0.2, -0.15) is 0 Å². The Labute approximate surface area is 135 Å². The van der Waals surface area contributed by atoms with Crippen LogP contribution >= 0.6 is 0 Å². The van der Waals surface area contributed by atoms with Gasteiger partial charge in [0.05, 0.1) is 18.8 Å². The number of benzene rings is 1. The number of hydrogen-bond donors (Lipinski definition) is 0. The summed E-state index contributed by atoms with van der Waals surface area (Å²) in [6.07, 6.45) is 1.74. The van der Waals surface area contributed by atoms with Crippen molar-refractivity contribution >= 4 is 11.9 Å². The van der Waals surface area contributed by atoms with Gasteiger partial charge >= 0.3 is 11.9 Å². The van der Waals surface area contributed by atoms with E-state index in [1.165, 1.54) is 4.90 Å². The molecule has 5 nitrogen and oxygen atoms in total. The third-order valence-electron chi connectivity index (χ3n) is 3.28. The van der Waals surface area contributed by atoms with Crippen molar-refractivity contribution in [3.8, 4) is 0 Å². The Balaban J connectivity index is 2.18. The fourth-order valence-electron chi connectivity index (χ4n) is 2.11. The third kappa shape index (κ3) is 4.92. The smallest absolute Gasteiger partial charge is 0.397 e. The number of nitrogens with zero attached hydrogens (tertiary/aromatic N) is 2. The van der Waals surface area contributed by atoms with Crippen LogP contribution in [-0.2, 0) is 27.4 Å². The molecule has 0 N–H and O–H groups in total. The Kier molecular flexibility index (Phi) is 5.86. The molecule has 0 bridgehead atoms. The number of rotatable bonds is 5. The molecule has 0 saturated carbocycles. The van der Waals surface area contributed by atoms with Gasteiger partial charge in [-0.3, -0.25) is 9.78 Å². The van der Waals surface area contributed by atoms with Crippen molar-refractivity contribution in [2.24, 2.45) is 0 Å². The van der Waals surface area contributed by atoms with Crippen LogP contribution in [0.2, 0.25) is 0 Å². The summed E-state index contributed by atoms with van der Waals surface area (Å²) >= 11 is 0. The first-order valence-corrected chi connectivity index (χ1v) is 7.51. The van der Waals surface area contributed by atoms with E-state index >= 15 is 0 Å². The molecule has 0 aliphatic carbocycles. The highest BCUT2D eigenvalue weighted by atomic mass is 16.5. The Morgan fingerprint density at radius 1 is 1.09 bits per heavy atom. The zero-order valence-corrected chi connectivity index (χ0v) is 13.4. The third-order valence-corrected chi connectivity index (χ3v) is 3.28. The summed E-state index contributed by atoms with van der Waals surface area (Å²) in [6, 6.07) is 13.3. The summed E-state index contributed by atoms with van der Waals surface area (Å²) in [6.45, 7) is 4.38. The Morgan fingerprint density at radius 2 is 1.83 bits per heavy atom. The van der Waals surface area contributed by atoms with Crippen LogP contribution in [0.15, 0.2) is 48.7 Å². The molecule has 120 valence electrons. The van der Waals surface area contributed by atoms with Crippen molar-refractivity contribution in [3.05, 3.63) is 65.5 Å². The molecule has 2 rings (SSSR count). The number of esters is 1. The van der Waals surface area contributed by atoms with Gasteiger partial charge < -0.3 is 9.64 Å². The molecule has 1 aromatic heterocycles. The molecule has 0 radical (unpaired) electrons. The predicted octanol–water partition coefficient (Wildman–Crippen LogP) is 2.48. The zero-order chi connectivity index (χ0) is 16.7. The van der Waals surface area contributed by atoms with Crippen LogP contribution in [-0.4, -0.2) is 28.4 Å². The number of amides is 1. The molecule has 0 spiro atoms. The van der Waals surface area contributed by atoms with Crippen LogP contribution < -0.4 is 0 Å². The highest BCUT2D eigenvalue weighted by molar-refractivity contribution is 6.32. The first kappa shape index (κ1) is 16.7. The summed E-state index contributed by atoms with van der Waals surface area (Å²) < 4.78 is 4.83. The topological polar surface area (TPSA) is 59.5 Å². The number of carbonyl (C=O) groups is 2. The van der Waals surface area contributed by atoms with Gasteiger partial charge in [0.25, 0.3) is 0 Å². The molecule has 1 heterocycles. The second kappa shape index (κ2) is 8.08. The van der Waals surface area contributed by atoms with Crippen molar-refractivity contribution in [1.29, 1.82) is 0 Å². The molecule has 0 unspecified atom stereocenters. The fourth-order valence-corrected chi connectivity index (χ4v) is 2.11. The number of aromatic nitrogens is 1. The molecule has 0 atom stereocenters. The van der Waals surface area contributed by atoms with Crippen molar-refractivity contribution < 1.29 is 14.3 Å².